The monoisotopic (exact) mass is 202 g/mol. The minimum atomic E-state index is -0.163. The Balaban J connectivity index is 2.26. The van der Waals surface area contributed by atoms with Gasteiger partial charge in [0.05, 0.1) is 12.2 Å². The molecule has 0 aromatic rings. The Morgan fingerprint density at radius 2 is 2.43 bits per heavy atom. The maximum Gasteiger partial charge on any atom is 0.0823 e. The molecule has 0 saturated carbocycles. The molecule has 1 aliphatic rings. The summed E-state index contributed by atoms with van der Waals surface area (Å²) in [4.78, 5) is 2.24. The molecule has 1 saturated heterocycles. The van der Waals surface area contributed by atoms with Gasteiger partial charge in [0, 0.05) is 26.2 Å². The number of piperidine rings is 1. The number of β-amino-alcohol motifs (C(OH)–C–C–N with tert-alkyl or cyclic N) is 1. The zero-order chi connectivity index (χ0) is 10.4. The normalized spacial score (nSPS) is 26.4. The van der Waals surface area contributed by atoms with Crippen molar-refractivity contribution in [2.24, 2.45) is 5.73 Å². The highest BCUT2D eigenvalue weighted by atomic mass is 16.5. The standard InChI is InChI=1S/C10H22N2O2/c1-2-14-10(6-11)8-12-5-3-4-9(13)7-12/h9-10,13H,2-8,11H2,1H3. The lowest BCUT2D eigenvalue weighted by molar-refractivity contribution is 0.00964. The molecule has 14 heavy (non-hydrogen) atoms. The highest BCUT2D eigenvalue weighted by Gasteiger charge is 2.20. The van der Waals surface area contributed by atoms with Crippen molar-refractivity contribution in [3.63, 3.8) is 0 Å². The van der Waals surface area contributed by atoms with Crippen LogP contribution in [0, 0.1) is 0 Å². The van der Waals surface area contributed by atoms with E-state index in [1.54, 1.807) is 0 Å². The number of nitrogens with zero attached hydrogens (tertiary/aromatic N) is 1. The summed E-state index contributed by atoms with van der Waals surface area (Å²) in [6.07, 6.45) is 1.96. The van der Waals surface area contributed by atoms with Gasteiger partial charge in [-0.05, 0) is 26.3 Å². The van der Waals surface area contributed by atoms with E-state index < -0.39 is 0 Å². The predicted molar refractivity (Wildman–Crippen MR) is 56.1 cm³/mol. The molecule has 0 bridgehead atoms. The summed E-state index contributed by atoms with van der Waals surface area (Å²) in [6.45, 7) is 5.91. The zero-order valence-corrected chi connectivity index (χ0v) is 8.98. The fraction of sp³-hybridized carbons (Fsp3) is 1.00. The van der Waals surface area contributed by atoms with E-state index in [2.05, 4.69) is 4.90 Å². The van der Waals surface area contributed by atoms with Crippen molar-refractivity contribution in [3.05, 3.63) is 0 Å². The first-order valence-corrected chi connectivity index (χ1v) is 5.48. The molecule has 0 spiro atoms. The molecule has 0 aromatic heterocycles. The second-order valence-corrected chi connectivity index (χ2v) is 3.87. The highest BCUT2D eigenvalue weighted by Crippen LogP contribution is 2.10. The molecule has 4 heteroatoms. The third-order valence-electron chi connectivity index (χ3n) is 2.61. The summed E-state index contributed by atoms with van der Waals surface area (Å²) in [7, 11) is 0. The van der Waals surface area contributed by atoms with Gasteiger partial charge in [0.25, 0.3) is 0 Å². The Labute approximate surface area is 86.0 Å². The van der Waals surface area contributed by atoms with Crippen molar-refractivity contribution in [1.82, 2.24) is 4.90 Å². The number of ether oxygens (including phenoxy) is 1. The Bertz CT molecular complexity index is 155. The van der Waals surface area contributed by atoms with Crippen LogP contribution in [-0.4, -0.2) is 55.0 Å². The fourth-order valence-electron chi connectivity index (χ4n) is 1.92. The lowest BCUT2D eigenvalue weighted by Crippen LogP contribution is -2.44. The summed E-state index contributed by atoms with van der Waals surface area (Å²) in [6, 6.07) is 0. The first kappa shape index (κ1) is 11.9. The molecule has 0 radical (unpaired) electrons. The zero-order valence-electron chi connectivity index (χ0n) is 8.98. The Morgan fingerprint density at radius 1 is 1.64 bits per heavy atom. The molecule has 1 aliphatic heterocycles. The minimum Gasteiger partial charge on any atom is -0.392 e. The number of aliphatic hydroxyl groups is 1. The van der Waals surface area contributed by atoms with E-state index in [0.29, 0.717) is 13.2 Å². The second kappa shape index (κ2) is 6.35. The molecule has 1 fully saturated rings. The van der Waals surface area contributed by atoms with E-state index in [0.717, 1.165) is 32.5 Å². The molecular weight excluding hydrogens is 180 g/mol. The number of rotatable bonds is 5. The maximum absolute atomic E-state index is 9.48. The van der Waals surface area contributed by atoms with Gasteiger partial charge < -0.3 is 15.6 Å². The van der Waals surface area contributed by atoms with E-state index in [-0.39, 0.29) is 12.2 Å². The van der Waals surface area contributed by atoms with Crippen LogP contribution in [0.25, 0.3) is 0 Å². The molecule has 0 aromatic carbocycles. The summed E-state index contributed by atoms with van der Waals surface area (Å²) >= 11 is 0. The molecule has 0 amide bonds. The fourth-order valence-corrected chi connectivity index (χ4v) is 1.92. The van der Waals surface area contributed by atoms with E-state index in [1.165, 1.54) is 0 Å². The van der Waals surface area contributed by atoms with E-state index in [4.69, 9.17) is 10.5 Å². The van der Waals surface area contributed by atoms with Gasteiger partial charge in [-0.1, -0.05) is 0 Å². The van der Waals surface area contributed by atoms with Gasteiger partial charge in [-0.15, -0.1) is 0 Å². The summed E-state index contributed by atoms with van der Waals surface area (Å²) in [5.41, 5.74) is 5.60. The minimum absolute atomic E-state index is 0.116. The van der Waals surface area contributed by atoms with E-state index in [1.807, 2.05) is 6.92 Å². The first-order valence-electron chi connectivity index (χ1n) is 5.48. The largest absolute Gasteiger partial charge is 0.392 e. The van der Waals surface area contributed by atoms with Crippen molar-refractivity contribution in [3.8, 4) is 0 Å². The van der Waals surface area contributed by atoms with Crippen LogP contribution in [0.2, 0.25) is 0 Å². The quantitative estimate of drug-likeness (QED) is 0.648. The van der Waals surface area contributed by atoms with Crippen LogP contribution in [0.5, 0.6) is 0 Å². The average molecular weight is 202 g/mol. The van der Waals surface area contributed by atoms with Crippen LogP contribution in [0.4, 0.5) is 0 Å². The average Bonchev–Trinajstić information content (AvgIpc) is 2.17. The maximum atomic E-state index is 9.48. The molecule has 1 rings (SSSR count). The van der Waals surface area contributed by atoms with Crippen molar-refractivity contribution < 1.29 is 9.84 Å². The van der Waals surface area contributed by atoms with Crippen molar-refractivity contribution >= 4 is 0 Å². The number of hydrogen-bond acceptors (Lipinski definition) is 4. The molecule has 1 heterocycles. The van der Waals surface area contributed by atoms with Gasteiger partial charge in [-0.25, -0.2) is 0 Å². The van der Waals surface area contributed by atoms with Gasteiger partial charge in [-0.3, -0.25) is 4.90 Å². The highest BCUT2D eigenvalue weighted by molar-refractivity contribution is 4.75. The molecule has 84 valence electrons. The van der Waals surface area contributed by atoms with Crippen LogP contribution in [-0.2, 0) is 4.74 Å². The lowest BCUT2D eigenvalue weighted by Gasteiger charge is -2.32. The van der Waals surface area contributed by atoms with Crippen LogP contribution in [0.15, 0.2) is 0 Å². The Kier molecular flexibility index (Phi) is 5.40. The van der Waals surface area contributed by atoms with E-state index in [9.17, 15) is 5.11 Å². The molecular formula is C10H22N2O2. The van der Waals surface area contributed by atoms with Gasteiger partial charge in [0.1, 0.15) is 0 Å². The van der Waals surface area contributed by atoms with E-state index >= 15 is 0 Å². The van der Waals surface area contributed by atoms with Crippen molar-refractivity contribution in [2.45, 2.75) is 32.0 Å². The molecule has 3 N–H and O–H groups in total. The topological polar surface area (TPSA) is 58.7 Å². The molecule has 0 aliphatic carbocycles. The predicted octanol–water partition coefficient (Wildman–Crippen LogP) is -0.193. The van der Waals surface area contributed by atoms with Crippen LogP contribution >= 0.6 is 0 Å². The third-order valence-corrected chi connectivity index (χ3v) is 2.61. The number of likely N-dealkylation sites (tertiary alicyclic amines) is 1. The SMILES string of the molecule is CCOC(CN)CN1CCCC(O)C1. The Morgan fingerprint density at radius 3 is 3.00 bits per heavy atom. The number of nitrogens with two attached hydrogens (primary N) is 1. The van der Waals surface area contributed by atoms with Crippen LogP contribution in [0.1, 0.15) is 19.8 Å². The van der Waals surface area contributed by atoms with Crippen LogP contribution in [0.3, 0.4) is 0 Å². The molecule has 2 unspecified atom stereocenters. The van der Waals surface area contributed by atoms with Gasteiger partial charge in [0.15, 0.2) is 0 Å². The van der Waals surface area contributed by atoms with Gasteiger partial charge in [0.2, 0.25) is 0 Å². The number of hydrogen-bond donors (Lipinski definition) is 2. The van der Waals surface area contributed by atoms with Crippen molar-refractivity contribution in [1.29, 1.82) is 0 Å². The van der Waals surface area contributed by atoms with Crippen molar-refractivity contribution in [2.75, 3.05) is 32.8 Å². The van der Waals surface area contributed by atoms with Gasteiger partial charge in [-0.2, -0.15) is 0 Å². The number of aliphatic hydroxyl groups excluding tert-OH is 1. The molecule has 4 nitrogen and oxygen atoms in total. The summed E-state index contributed by atoms with van der Waals surface area (Å²) < 4.78 is 5.48. The third kappa shape index (κ3) is 3.92. The second-order valence-electron chi connectivity index (χ2n) is 3.87. The summed E-state index contributed by atoms with van der Waals surface area (Å²) in [5, 5.41) is 9.48. The first-order chi connectivity index (χ1) is 6.76. The smallest absolute Gasteiger partial charge is 0.0823 e. The van der Waals surface area contributed by atoms with Gasteiger partial charge >= 0.3 is 0 Å². The molecule has 2 atom stereocenters. The lowest BCUT2D eigenvalue weighted by atomic mass is 10.1. The summed E-state index contributed by atoms with van der Waals surface area (Å²) in [5.74, 6) is 0. The van der Waals surface area contributed by atoms with Crippen LogP contribution < -0.4 is 5.73 Å². The Hall–Kier alpha value is -0.160.